The zero-order valence-corrected chi connectivity index (χ0v) is 8.31. The molecule has 0 unspecified atom stereocenters. The zero-order valence-electron chi connectivity index (χ0n) is 8.31. The third kappa shape index (κ3) is 2.33. The Morgan fingerprint density at radius 1 is 0.938 bits per heavy atom. The second-order valence-corrected chi connectivity index (χ2v) is 3.10. The van der Waals surface area contributed by atoms with Crippen LogP contribution in [0.1, 0.15) is 5.82 Å². The van der Waals surface area contributed by atoms with Crippen LogP contribution in [0, 0.1) is 0 Å². The Morgan fingerprint density at radius 3 is 2.50 bits per heavy atom. The van der Waals surface area contributed by atoms with Crippen molar-refractivity contribution in [2.75, 3.05) is 0 Å². The number of rotatable bonds is 1. The summed E-state index contributed by atoms with van der Waals surface area (Å²) >= 11 is 0. The van der Waals surface area contributed by atoms with Gasteiger partial charge in [0, 0.05) is 5.57 Å². The minimum Gasteiger partial charge on any atom is -0.291 e. The summed E-state index contributed by atoms with van der Waals surface area (Å²) in [5, 5.41) is 0. The lowest BCUT2D eigenvalue weighted by Gasteiger charge is -1.99. The molecule has 0 amide bonds. The van der Waals surface area contributed by atoms with Crippen molar-refractivity contribution in [1.29, 1.82) is 0 Å². The highest BCUT2D eigenvalue weighted by Crippen LogP contribution is 2.10. The first-order chi connectivity index (χ1) is 7.75. The first-order valence-electron chi connectivity index (χ1n) is 4.68. The molecule has 0 spiro atoms. The third-order valence-corrected chi connectivity index (χ3v) is 1.94. The molecule has 16 heavy (non-hydrogen) atoms. The van der Waals surface area contributed by atoms with E-state index in [0.29, 0.717) is 5.57 Å². The summed E-state index contributed by atoms with van der Waals surface area (Å²) in [4.78, 5) is 30.3. The Balaban J connectivity index is 2.51. The molecule has 0 radical (unpaired) electrons. The van der Waals surface area contributed by atoms with Crippen molar-refractivity contribution in [2.45, 2.75) is 0 Å². The fraction of sp³-hybridized carbons (Fsp3) is 0. The molecule has 1 aliphatic carbocycles. The first kappa shape index (κ1) is 10.1. The molecule has 0 saturated heterocycles. The van der Waals surface area contributed by atoms with Crippen LogP contribution in [-0.2, 0) is 0 Å². The zero-order chi connectivity index (χ0) is 11.4. The summed E-state index contributed by atoms with van der Waals surface area (Å²) in [6.45, 7) is 0. The maximum absolute atomic E-state index is 11.1. The van der Waals surface area contributed by atoms with Gasteiger partial charge in [0.25, 0.3) is 0 Å². The summed E-state index contributed by atoms with van der Waals surface area (Å²) in [5.74, 6) is 0.255. The molecule has 2 rings (SSSR count). The average molecular weight is 215 g/mol. The van der Waals surface area contributed by atoms with Crippen molar-refractivity contribution in [3.05, 3.63) is 69.3 Å². The molecular weight excluding hydrogens is 206 g/mol. The van der Waals surface area contributed by atoms with Crippen LogP contribution in [0.25, 0.3) is 5.57 Å². The minimum atomic E-state index is -0.658. The van der Waals surface area contributed by atoms with E-state index in [4.69, 9.17) is 0 Å². The van der Waals surface area contributed by atoms with Crippen LogP contribution in [0.2, 0.25) is 0 Å². The van der Waals surface area contributed by atoms with Gasteiger partial charge in [-0.05, 0) is 0 Å². The number of nitrogens with one attached hydrogen (secondary N) is 2. The van der Waals surface area contributed by atoms with Gasteiger partial charge in [-0.1, -0.05) is 42.5 Å². The monoisotopic (exact) mass is 215 g/mol. The van der Waals surface area contributed by atoms with E-state index in [0.717, 1.165) is 0 Å². The fourth-order valence-corrected chi connectivity index (χ4v) is 1.25. The molecule has 2 N–H and O–H groups in total. The molecule has 1 aliphatic rings. The lowest BCUT2D eigenvalue weighted by Crippen LogP contribution is -2.26. The predicted octanol–water partition coefficient (Wildman–Crippen LogP) is 0.524. The average Bonchev–Trinajstić information content (AvgIpc) is 2.14. The quantitative estimate of drug-likeness (QED) is 0.717. The van der Waals surface area contributed by atoms with Gasteiger partial charge in [-0.15, -0.1) is 0 Å². The van der Waals surface area contributed by atoms with Gasteiger partial charge in [-0.3, -0.25) is 9.97 Å². The number of H-pyrrole nitrogens is 2. The van der Waals surface area contributed by atoms with Crippen LogP contribution >= 0.6 is 0 Å². The Bertz CT molecular complexity index is 586. The standard InChI is InChI=1S/C11H9N3O2/c15-10-12-9(13-11(16)14-10)8-6-4-2-1-3-5-7-8/h1-7H,(H2,12,13,14,15,16)/b2-1-,3-1?,4-2?,5-3-,6-4?,7-5?,8-6?,8-7?. The van der Waals surface area contributed by atoms with Gasteiger partial charge in [-0.2, -0.15) is 4.98 Å². The fourth-order valence-electron chi connectivity index (χ4n) is 1.25. The Kier molecular flexibility index (Phi) is 2.77. The van der Waals surface area contributed by atoms with Gasteiger partial charge in [0.05, 0.1) is 0 Å². The van der Waals surface area contributed by atoms with Crippen LogP contribution in [0.4, 0.5) is 0 Å². The molecule has 1 aromatic rings. The van der Waals surface area contributed by atoms with Crippen LogP contribution in [0.15, 0.2) is 52.1 Å². The summed E-state index contributed by atoms with van der Waals surface area (Å²) < 4.78 is 0. The lowest BCUT2D eigenvalue weighted by molar-refractivity contribution is 0.914. The second kappa shape index (κ2) is 4.39. The maximum Gasteiger partial charge on any atom is 0.351 e. The molecule has 0 fully saturated rings. The lowest BCUT2D eigenvalue weighted by atomic mass is 10.2. The molecule has 0 saturated carbocycles. The minimum absolute atomic E-state index is 0.255. The normalized spacial score (nSPS) is 18.4. The Hall–Kier alpha value is -2.43. The molecular formula is C11H9N3O2. The second-order valence-electron chi connectivity index (χ2n) is 3.10. The molecule has 1 aromatic heterocycles. The van der Waals surface area contributed by atoms with Crippen molar-refractivity contribution in [3.63, 3.8) is 0 Å². The molecule has 0 aromatic carbocycles. The van der Waals surface area contributed by atoms with E-state index in [1.807, 2.05) is 23.2 Å². The number of hydrogen-bond donors (Lipinski definition) is 2. The van der Waals surface area contributed by atoms with Crippen molar-refractivity contribution < 1.29 is 0 Å². The topological polar surface area (TPSA) is 78.6 Å². The Morgan fingerprint density at radius 2 is 1.69 bits per heavy atom. The molecule has 5 nitrogen and oxygen atoms in total. The van der Waals surface area contributed by atoms with Gasteiger partial charge >= 0.3 is 11.4 Å². The SMILES string of the molecule is O=c1nc(C2=C/C=C\C=C/C=C2)[nH]c(=O)[nH]1. The van der Waals surface area contributed by atoms with E-state index < -0.39 is 11.4 Å². The molecule has 0 bridgehead atoms. The highest BCUT2D eigenvalue weighted by molar-refractivity contribution is 5.71. The van der Waals surface area contributed by atoms with Gasteiger partial charge in [0.15, 0.2) is 0 Å². The maximum atomic E-state index is 11.1. The van der Waals surface area contributed by atoms with E-state index in [-0.39, 0.29) is 5.82 Å². The van der Waals surface area contributed by atoms with Crippen LogP contribution in [0.5, 0.6) is 0 Å². The van der Waals surface area contributed by atoms with Gasteiger partial charge < -0.3 is 0 Å². The van der Waals surface area contributed by atoms with E-state index >= 15 is 0 Å². The summed E-state index contributed by atoms with van der Waals surface area (Å²) in [6.07, 6.45) is 12.7. The largest absolute Gasteiger partial charge is 0.351 e. The van der Waals surface area contributed by atoms with Crippen molar-refractivity contribution in [3.8, 4) is 0 Å². The number of aromatic amines is 2. The summed E-state index contributed by atoms with van der Waals surface area (Å²) in [5.41, 5.74) is -0.552. The van der Waals surface area contributed by atoms with Crippen LogP contribution < -0.4 is 11.4 Å². The van der Waals surface area contributed by atoms with Gasteiger partial charge in [0.1, 0.15) is 5.82 Å². The predicted molar refractivity (Wildman–Crippen MR) is 60.9 cm³/mol. The smallest absolute Gasteiger partial charge is 0.291 e. The summed E-state index contributed by atoms with van der Waals surface area (Å²) in [6, 6.07) is 0. The van der Waals surface area contributed by atoms with Crippen LogP contribution in [0.3, 0.4) is 0 Å². The number of nitrogens with zero attached hydrogens (tertiary/aromatic N) is 1. The number of allylic oxidation sites excluding steroid dienone is 8. The van der Waals surface area contributed by atoms with Crippen molar-refractivity contribution in [2.24, 2.45) is 0 Å². The van der Waals surface area contributed by atoms with Crippen LogP contribution in [-0.4, -0.2) is 15.0 Å². The van der Waals surface area contributed by atoms with Crippen molar-refractivity contribution >= 4 is 5.57 Å². The van der Waals surface area contributed by atoms with E-state index in [1.54, 1.807) is 24.3 Å². The highest BCUT2D eigenvalue weighted by Gasteiger charge is 2.01. The highest BCUT2D eigenvalue weighted by atomic mass is 16.2. The number of aromatic nitrogens is 3. The van der Waals surface area contributed by atoms with E-state index in [1.165, 1.54) is 0 Å². The molecule has 0 aliphatic heterocycles. The van der Waals surface area contributed by atoms with Gasteiger partial charge in [0.2, 0.25) is 0 Å². The molecule has 5 heteroatoms. The van der Waals surface area contributed by atoms with Crippen molar-refractivity contribution in [1.82, 2.24) is 15.0 Å². The van der Waals surface area contributed by atoms with Gasteiger partial charge in [-0.25, -0.2) is 9.59 Å². The molecule has 0 atom stereocenters. The van der Waals surface area contributed by atoms with E-state index in [9.17, 15) is 9.59 Å². The van der Waals surface area contributed by atoms with E-state index in [2.05, 4.69) is 9.97 Å². The first-order valence-corrected chi connectivity index (χ1v) is 4.68. The third-order valence-electron chi connectivity index (χ3n) is 1.94. The number of hydrogen-bond acceptors (Lipinski definition) is 3. The summed E-state index contributed by atoms with van der Waals surface area (Å²) in [7, 11) is 0. The molecule has 80 valence electrons. The molecule has 1 heterocycles. The Labute approximate surface area is 90.6 Å².